The number of primary amides is 2. The van der Waals surface area contributed by atoms with Crippen molar-refractivity contribution in [3.63, 3.8) is 0 Å². The molecule has 0 radical (unpaired) electrons. The number of benzene rings is 2. The number of aliphatic carboxylic acids is 1. The molecule has 90 heavy (non-hydrogen) atoms. The van der Waals surface area contributed by atoms with E-state index in [0.29, 0.717) is 23.2 Å². The summed E-state index contributed by atoms with van der Waals surface area (Å²) in [5.41, 5.74) is 28.9. The Labute approximate surface area is 520 Å². The second-order valence-electron chi connectivity index (χ2n) is 23.2. The topological polar surface area (TPSA) is 516 Å². The first-order valence-electron chi connectivity index (χ1n) is 29.6. The lowest BCUT2D eigenvalue weighted by Gasteiger charge is -2.32. The number of rotatable bonds is 36. The van der Waals surface area contributed by atoms with Crippen LogP contribution in [-0.4, -0.2) is 175 Å². The minimum absolute atomic E-state index is 0.0183. The number of imidazole rings is 1. The Morgan fingerprint density at radius 3 is 1.66 bits per heavy atom. The zero-order valence-corrected chi connectivity index (χ0v) is 51.4. The van der Waals surface area contributed by atoms with E-state index in [2.05, 4.69) is 57.5 Å². The number of nitrogens with two attached hydrogens (primary N) is 5. The molecule has 2 aromatic carbocycles. The number of phenolic OH excluding ortho intramolecular Hbond substituents is 1. The number of likely N-dealkylation sites (tertiary alicyclic amines) is 1. The number of amides is 11. The predicted octanol–water partition coefficient (Wildman–Crippen LogP) is -3.41. The van der Waals surface area contributed by atoms with Crippen molar-refractivity contribution in [2.45, 2.75) is 166 Å². The molecule has 1 aliphatic heterocycles. The number of aliphatic imine (C=N–C) groups is 1. The molecule has 1 fully saturated rings. The number of hydrogen-bond acceptors (Lipinski definition) is 16. The van der Waals surface area contributed by atoms with Crippen molar-refractivity contribution in [2.24, 2.45) is 51.4 Å². The Morgan fingerprint density at radius 1 is 0.611 bits per heavy atom. The van der Waals surface area contributed by atoms with Crippen LogP contribution in [0, 0.1) is 17.8 Å². The number of carboxylic acids is 1. The van der Waals surface area contributed by atoms with Crippen LogP contribution in [0.2, 0.25) is 0 Å². The van der Waals surface area contributed by atoms with Gasteiger partial charge in [-0.25, -0.2) is 9.78 Å². The number of carbonyl (C=O) groups is 12. The van der Waals surface area contributed by atoms with E-state index in [4.69, 9.17) is 28.7 Å². The zero-order chi connectivity index (χ0) is 66.9. The molecule has 4 rings (SSSR count). The van der Waals surface area contributed by atoms with Crippen molar-refractivity contribution in [1.82, 2.24) is 57.4 Å². The number of nitrogens with one attached hydrogen (secondary N) is 9. The van der Waals surface area contributed by atoms with Crippen LogP contribution in [0.5, 0.6) is 5.75 Å². The monoisotopic (exact) mass is 1260 g/mol. The van der Waals surface area contributed by atoms with Crippen molar-refractivity contribution < 1.29 is 67.7 Å². The number of aromatic nitrogens is 2. The molecule has 0 bridgehead atoms. The lowest BCUT2D eigenvalue weighted by Crippen LogP contribution is -2.62. The number of guanidine groups is 1. The van der Waals surface area contributed by atoms with Gasteiger partial charge in [-0.05, 0) is 73.1 Å². The van der Waals surface area contributed by atoms with Crippen LogP contribution in [0.1, 0.15) is 103 Å². The second-order valence-corrected chi connectivity index (χ2v) is 23.2. The Morgan fingerprint density at radius 2 is 1.12 bits per heavy atom. The predicted molar refractivity (Wildman–Crippen MR) is 327 cm³/mol. The number of hydrogen-bond donors (Lipinski definition) is 16. The van der Waals surface area contributed by atoms with E-state index >= 15 is 0 Å². The Bertz CT molecular complexity index is 3000. The van der Waals surface area contributed by atoms with Gasteiger partial charge in [-0.1, -0.05) is 84.0 Å². The average molecular weight is 1260 g/mol. The molecule has 31 nitrogen and oxygen atoms in total. The van der Waals surface area contributed by atoms with Crippen molar-refractivity contribution in [3.05, 3.63) is 83.9 Å². The Kier molecular flexibility index (Phi) is 28.6. The number of nitrogens with zero attached hydrogens (tertiary/aromatic N) is 3. The summed E-state index contributed by atoms with van der Waals surface area (Å²) in [5, 5.41) is 40.7. The van der Waals surface area contributed by atoms with Crippen molar-refractivity contribution in [3.8, 4) is 5.75 Å². The molecule has 10 atom stereocenters. The fraction of sp³-hybridized carbons (Fsp3) is 0.525. The molecular formula is C59H87N17O14. The zero-order valence-electron chi connectivity index (χ0n) is 51.4. The molecule has 11 amide bonds. The average Bonchev–Trinajstić information content (AvgIpc) is 1.66. The molecular weight excluding hydrogens is 1170 g/mol. The number of carboxylic acid groups (broad SMARTS) is 1. The molecule has 2 heterocycles. The third kappa shape index (κ3) is 23.8. The van der Waals surface area contributed by atoms with E-state index in [1.54, 1.807) is 71.9 Å². The van der Waals surface area contributed by atoms with Gasteiger partial charge in [0.15, 0.2) is 5.96 Å². The number of aromatic amines is 1. The van der Waals surface area contributed by atoms with E-state index in [0.717, 1.165) is 0 Å². The molecule has 31 heteroatoms. The van der Waals surface area contributed by atoms with Gasteiger partial charge in [0.25, 0.3) is 0 Å². The first-order chi connectivity index (χ1) is 42.4. The molecule has 1 saturated heterocycles. The van der Waals surface area contributed by atoms with E-state index in [1.165, 1.54) is 41.7 Å². The highest BCUT2D eigenvalue weighted by Crippen LogP contribution is 2.22. The van der Waals surface area contributed by atoms with Crippen LogP contribution in [-0.2, 0) is 76.8 Å². The van der Waals surface area contributed by atoms with Crippen LogP contribution in [0.3, 0.4) is 0 Å². The number of H-pyrrole nitrogens is 1. The van der Waals surface area contributed by atoms with Crippen molar-refractivity contribution in [1.29, 1.82) is 0 Å². The van der Waals surface area contributed by atoms with Crippen LogP contribution < -0.4 is 71.2 Å². The Balaban J connectivity index is 1.62. The fourth-order valence-electron chi connectivity index (χ4n) is 9.83. The maximum absolute atomic E-state index is 14.9. The summed E-state index contributed by atoms with van der Waals surface area (Å²) in [4.78, 5) is 176. The lowest BCUT2D eigenvalue weighted by atomic mass is 9.98. The standard InChI is InChI=1S/C59H87N17O14/c1-30(2)22-43(58(89)90)73-52(83)41(27-46(62)79)69-51(82)39(23-33-12-8-7-9-13-33)70-54(85)44-15-11-21-76(44)57(88)42(25-35-28-65-29-67-35)72-56(87)48(32(5)6)75-53(84)40(24-34-16-18-36(77)19-17-34)71-55(86)47(31(3)4)74-50(81)38(14-10-20-66-59(63)64)68-49(80)37(60)26-45(61)78/h7-9,12-13,16-19,28-32,37-44,47-48,77H,10-11,14-15,20-27,60H2,1-6H3,(H2,61,78)(H2,62,79)(H,65,67)(H,68,80)(H,69,82)(H,70,85)(H,71,86)(H,72,87)(H,73,83)(H,74,81)(H,75,84)(H,89,90)(H4,63,64,66). The molecule has 1 aliphatic rings. The minimum atomic E-state index is -1.65. The van der Waals surface area contributed by atoms with Gasteiger partial charge in [-0.15, -0.1) is 0 Å². The first kappa shape index (κ1) is 72.8. The van der Waals surface area contributed by atoms with Gasteiger partial charge in [0, 0.05) is 44.2 Å². The maximum atomic E-state index is 14.9. The molecule has 0 saturated carbocycles. The van der Waals surface area contributed by atoms with Gasteiger partial charge in [0.2, 0.25) is 65.0 Å². The summed E-state index contributed by atoms with van der Waals surface area (Å²) in [5.74, 6) is -12.8. The third-order valence-electron chi connectivity index (χ3n) is 14.5. The smallest absolute Gasteiger partial charge is 0.326 e. The summed E-state index contributed by atoms with van der Waals surface area (Å²) in [6, 6.07) is 0.112. The summed E-state index contributed by atoms with van der Waals surface area (Å²) < 4.78 is 0. The number of phenols is 1. The Hall–Kier alpha value is -9.68. The highest BCUT2D eigenvalue weighted by Gasteiger charge is 2.42. The van der Waals surface area contributed by atoms with Gasteiger partial charge in [0.1, 0.15) is 60.1 Å². The van der Waals surface area contributed by atoms with Crippen LogP contribution in [0.15, 0.2) is 72.1 Å². The highest BCUT2D eigenvalue weighted by atomic mass is 16.4. The molecule has 0 spiro atoms. The number of aromatic hydroxyl groups is 1. The van der Waals surface area contributed by atoms with E-state index in [9.17, 15) is 67.7 Å². The maximum Gasteiger partial charge on any atom is 0.326 e. The minimum Gasteiger partial charge on any atom is -0.508 e. The third-order valence-corrected chi connectivity index (χ3v) is 14.5. The highest BCUT2D eigenvalue weighted by molar-refractivity contribution is 6.00. The summed E-state index contributed by atoms with van der Waals surface area (Å²) >= 11 is 0. The van der Waals surface area contributed by atoms with E-state index in [1.807, 2.05) is 0 Å². The summed E-state index contributed by atoms with van der Waals surface area (Å²) in [6.45, 7) is 10.0. The second kappa shape index (κ2) is 35.3. The quantitative estimate of drug-likeness (QED) is 0.0153. The summed E-state index contributed by atoms with van der Waals surface area (Å²) in [6.07, 6.45) is 1.50. The van der Waals surface area contributed by atoms with Gasteiger partial charge in [-0.3, -0.25) is 57.7 Å². The van der Waals surface area contributed by atoms with Crippen molar-refractivity contribution >= 4 is 76.9 Å². The molecule has 492 valence electrons. The molecule has 21 N–H and O–H groups in total. The SMILES string of the molecule is CC(C)CC(NC(=O)C(CC(N)=O)NC(=O)C(Cc1ccccc1)NC(=O)C1CCCN1C(=O)C(Cc1cnc[nH]1)NC(=O)C(NC(=O)C(Cc1ccc(O)cc1)NC(=O)C(NC(=O)C(CCCN=C(N)N)NC(=O)C(N)CC(N)=O)C(C)C)C(C)C)C(=O)O. The van der Waals surface area contributed by atoms with Gasteiger partial charge in [-0.2, -0.15) is 0 Å². The number of carbonyl (C=O) groups excluding carboxylic acids is 11. The van der Waals surface area contributed by atoms with Crippen LogP contribution in [0.25, 0.3) is 0 Å². The van der Waals surface area contributed by atoms with Gasteiger partial charge in [0.05, 0.1) is 25.2 Å². The van der Waals surface area contributed by atoms with E-state index in [-0.39, 0.29) is 75.7 Å². The van der Waals surface area contributed by atoms with Gasteiger partial charge < -0.3 is 91.3 Å². The first-order valence-corrected chi connectivity index (χ1v) is 29.6. The molecule has 1 aromatic heterocycles. The molecule has 3 aromatic rings. The van der Waals surface area contributed by atoms with Gasteiger partial charge >= 0.3 is 5.97 Å². The molecule has 0 aliphatic carbocycles. The lowest BCUT2D eigenvalue weighted by molar-refractivity contribution is -0.143. The fourth-order valence-corrected chi connectivity index (χ4v) is 9.83. The van der Waals surface area contributed by atoms with E-state index < -0.39 is 156 Å². The van der Waals surface area contributed by atoms with Crippen molar-refractivity contribution in [2.75, 3.05) is 13.1 Å². The summed E-state index contributed by atoms with van der Waals surface area (Å²) in [7, 11) is 0. The van der Waals surface area contributed by atoms with Crippen LogP contribution >= 0.6 is 0 Å². The largest absolute Gasteiger partial charge is 0.508 e. The van der Waals surface area contributed by atoms with Crippen LogP contribution in [0.4, 0.5) is 0 Å². The normalized spacial score (nSPS) is 15.9. The molecule has 10 unspecified atom stereocenters.